The van der Waals surface area contributed by atoms with E-state index in [9.17, 15) is 9.59 Å². The second kappa shape index (κ2) is 5.63. The van der Waals surface area contributed by atoms with Gasteiger partial charge >= 0.3 is 6.03 Å². The molecule has 3 heterocycles. The van der Waals surface area contributed by atoms with Crippen molar-refractivity contribution in [2.45, 2.75) is 45.7 Å². The van der Waals surface area contributed by atoms with E-state index >= 15 is 0 Å². The van der Waals surface area contributed by atoms with Gasteiger partial charge in [-0.3, -0.25) is 14.6 Å². The Morgan fingerprint density at radius 2 is 2.13 bits per heavy atom. The van der Waals surface area contributed by atoms with Gasteiger partial charge in [0.05, 0.1) is 12.2 Å². The summed E-state index contributed by atoms with van der Waals surface area (Å²) in [5.41, 5.74) is 0.104. The van der Waals surface area contributed by atoms with Crippen LogP contribution in [0.15, 0.2) is 4.42 Å². The van der Waals surface area contributed by atoms with Crippen LogP contribution in [0.4, 0.5) is 4.79 Å². The fraction of sp³-hybridized carbons (Fsp3) is 0.688. The highest BCUT2D eigenvalue weighted by Gasteiger charge is 2.51. The van der Waals surface area contributed by atoms with Crippen molar-refractivity contribution in [3.63, 3.8) is 0 Å². The Morgan fingerprint density at radius 3 is 2.70 bits per heavy atom. The van der Waals surface area contributed by atoms with Crippen LogP contribution in [-0.2, 0) is 11.3 Å². The maximum absolute atomic E-state index is 12.4. The Hall–Kier alpha value is -1.89. The number of amides is 3. The third-order valence-corrected chi connectivity index (χ3v) is 5.17. The van der Waals surface area contributed by atoms with Crippen molar-refractivity contribution in [2.75, 3.05) is 20.1 Å². The summed E-state index contributed by atoms with van der Waals surface area (Å²) in [6.07, 6.45) is 1.92. The van der Waals surface area contributed by atoms with Crippen molar-refractivity contribution in [3.8, 4) is 0 Å². The molecule has 0 aliphatic carbocycles. The molecule has 0 bridgehead atoms. The van der Waals surface area contributed by atoms with Gasteiger partial charge in [-0.2, -0.15) is 0 Å². The summed E-state index contributed by atoms with van der Waals surface area (Å²) in [4.78, 5) is 32.1. The molecule has 0 spiro atoms. The van der Waals surface area contributed by atoms with E-state index in [2.05, 4.69) is 15.2 Å². The smallest absolute Gasteiger partial charge is 0.324 e. The third-order valence-electron chi connectivity index (χ3n) is 5.17. The minimum atomic E-state index is -0.813. The molecule has 1 aromatic rings. The molecule has 0 unspecified atom stereocenters. The van der Waals surface area contributed by atoms with Gasteiger partial charge in [0.25, 0.3) is 5.91 Å². The summed E-state index contributed by atoms with van der Waals surface area (Å²) in [5.74, 6) is 1.51. The molecule has 1 N–H and O–H groups in total. The number of oxazole rings is 1. The van der Waals surface area contributed by atoms with Crippen LogP contribution in [-0.4, -0.2) is 52.4 Å². The van der Waals surface area contributed by atoms with Gasteiger partial charge in [-0.15, -0.1) is 0 Å². The molecule has 2 aliphatic heterocycles. The number of carbonyl (C=O) groups is 2. The number of likely N-dealkylation sites (tertiary alicyclic amines) is 1. The highest BCUT2D eigenvalue weighted by molar-refractivity contribution is 6.06. The normalized spacial score (nSPS) is 29.2. The van der Waals surface area contributed by atoms with Gasteiger partial charge in [0.15, 0.2) is 0 Å². The lowest BCUT2D eigenvalue weighted by molar-refractivity contribution is -0.132. The number of urea groups is 1. The van der Waals surface area contributed by atoms with Gasteiger partial charge in [-0.05, 0) is 40.2 Å². The number of likely N-dealkylation sites (N-methyl/N-ethyl adjacent to an activating group) is 1. The van der Waals surface area contributed by atoms with Crippen molar-refractivity contribution in [1.82, 2.24) is 20.1 Å². The van der Waals surface area contributed by atoms with Gasteiger partial charge < -0.3 is 9.73 Å². The number of aromatic nitrogens is 1. The molecule has 7 nitrogen and oxygen atoms in total. The maximum atomic E-state index is 12.4. The van der Waals surface area contributed by atoms with Crippen LogP contribution < -0.4 is 5.32 Å². The summed E-state index contributed by atoms with van der Waals surface area (Å²) in [7, 11) is 1.53. The zero-order valence-electron chi connectivity index (χ0n) is 14.2. The minimum absolute atomic E-state index is 0.0924. The lowest BCUT2D eigenvalue weighted by atomic mass is 9.80. The molecule has 1 aromatic heterocycles. The first-order chi connectivity index (χ1) is 10.8. The molecule has 2 saturated heterocycles. The van der Waals surface area contributed by atoms with Crippen LogP contribution >= 0.6 is 0 Å². The van der Waals surface area contributed by atoms with E-state index in [-0.39, 0.29) is 17.9 Å². The molecular formula is C16H24N4O3. The summed E-state index contributed by atoms with van der Waals surface area (Å²) in [6.45, 7) is 8.02. The Balaban J connectivity index is 1.71. The molecule has 126 valence electrons. The fourth-order valence-corrected chi connectivity index (χ4v) is 3.55. The molecule has 0 saturated carbocycles. The van der Waals surface area contributed by atoms with Crippen molar-refractivity contribution in [3.05, 3.63) is 17.3 Å². The zero-order chi connectivity index (χ0) is 16.8. The zero-order valence-corrected chi connectivity index (χ0v) is 14.2. The van der Waals surface area contributed by atoms with E-state index in [0.29, 0.717) is 12.4 Å². The molecule has 2 aliphatic rings. The van der Waals surface area contributed by atoms with Crippen LogP contribution in [0.2, 0.25) is 0 Å². The van der Waals surface area contributed by atoms with Gasteiger partial charge in [-0.25, -0.2) is 9.78 Å². The van der Waals surface area contributed by atoms with Crippen molar-refractivity contribution >= 4 is 11.9 Å². The molecule has 0 radical (unpaired) electrons. The van der Waals surface area contributed by atoms with Crippen LogP contribution in [0.1, 0.15) is 37.1 Å². The van der Waals surface area contributed by atoms with Crippen molar-refractivity contribution < 1.29 is 14.0 Å². The van der Waals surface area contributed by atoms with E-state index in [4.69, 9.17) is 4.42 Å². The molecule has 0 aromatic carbocycles. The fourth-order valence-electron chi connectivity index (χ4n) is 3.55. The van der Waals surface area contributed by atoms with Crippen molar-refractivity contribution in [2.24, 2.45) is 5.92 Å². The van der Waals surface area contributed by atoms with E-state index < -0.39 is 5.54 Å². The lowest BCUT2D eigenvalue weighted by Gasteiger charge is -2.39. The molecule has 7 heteroatoms. The Morgan fingerprint density at radius 1 is 1.39 bits per heavy atom. The van der Waals surface area contributed by atoms with Crippen LogP contribution in [0.3, 0.4) is 0 Å². The highest BCUT2D eigenvalue weighted by atomic mass is 16.4. The number of aryl methyl sites for hydroxylation is 2. The number of nitrogens with zero attached hydrogens (tertiary/aromatic N) is 3. The molecule has 3 amide bonds. The number of hydrogen-bond donors (Lipinski definition) is 1. The number of hydrogen-bond acceptors (Lipinski definition) is 5. The molecule has 2 fully saturated rings. The first-order valence-corrected chi connectivity index (χ1v) is 8.07. The van der Waals surface area contributed by atoms with Gasteiger partial charge in [0, 0.05) is 19.5 Å². The van der Waals surface area contributed by atoms with Crippen LogP contribution in [0, 0.1) is 19.8 Å². The Kier molecular flexibility index (Phi) is 3.91. The van der Waals surface area contributed by atoms with Crippen molar-refractivity contribution in [1.29, 1.82) is 0 Å². The third kappa shape index (κ3) is 2.73. The van der Waals surface area contributed by atoms with E-state index in [1.165, 1.54) is 11.9 Å². The summed E-state index contributed by atoms with van der Waals surface area (Å²) < 4.78 is 5.66. The molecule has 2 atom stereocenters. The van der Waals surface area contributed by atoms with E-state index in [1.807, 2.05) is 20.8 Å². The first-order valence-electron chi connectivity index (χ1n) is 8.07. The predicted molar refractivity (Wildman–Crippen MR) is 83.7 cm³/mol. The standard InChI is InChI=1S/C16H24N4O3/c1-10-11(2)23-13(17-10)9-20-7-5-6-12(8-20)16(3)14(21)19(4)15(22)18-16/h12H,5-9H2,1-4H3,(H,18,22)/t12-,16+/m1/s1. The van der Waals surface area contributed by atoms with Gasteiger partial charge in [-0.1, -0.05) is 0 Å². The number of carbonyl (C=O) groups excluding carboxylic acids is 2. The van der Waals surface area contributed by atoms with Gasteiger partial charge in [0.1, 0.15) is 11.3 Å². The Bertz CT molecular complexity index is 622. The quantitative estimate of drug-likeness (QED) is 0.853. The second-order valence-electron chi connectivity index (χ2n) is 6.82. The Labute approximate surface area is 136 Å². The molecule has 23 heavy (non-hydrogen) atoms. The molecular weight excluding hydrogens is 296 g/mol. The average molecular weight is 320 g/mol. The van der Waals surface area contributed by atoms with E-state index in [1.54, 1.807) is 0 Å². The van der Waals surface area contributed by atoms with Gasteiger partial charge in [0.2, 0.25) is 5.89 Å². The maximum Gasteiger partial charge on any atom is 0.324 e. The number of piperidine rings is 1. The van der Waals surface area contributed by atoms with Crippen LogP contribution in [0.5, 0.6) is 0 Å². The second-order valence-corrected chi connectivity index (χ2v) is 6.82. The lowest BCUT2D eigenvalue weighted by Crippen LogP contribution is -2.55. The average Bonchev–Trinajstić information content (AvgIpc) is 2.92. The summed E-state index contributed by atoms with van der Waals surface area (Å²) in [6, 6.07) is -0.312. The van der Waals surface area contributed by atoms with E-state index in [0.717, 1.165) is 37.4 Å². The first kappa shape index (κ1) is 16.0. The van der Waals surface area contributed by atoms with Crippen LogP contribution in [0.25, 0.3) is 0 Å². The topological polar surface area (TPSA) is 78.7 Å². The molecule has 3 rings (SSSR count). The summed E-state index contributed by atoms with van der Waals surface area (Å²) in [5, 5.41) is 2.87. The number of rotatable bonds is 3. The minimum Gasteiger partial charge on any atom is -0.444 e. The predicted octanol–water partition coefficient (Wildman–Crippen LogP) is 1.44. The number of nitrogens with one attached hydrogen (secondary N) is 1. The highest BCUT2D eigenvalue weighted by Crippen LogP contribution is 2.32. The largest absolute Gasteiger partial charge is 0.444 e. The monoisotopic (exact) mass is 320 g/mol. The summed E-state index contributed by atoms with van der Waals surface area (Å²) >= 11 is 0. The SMILES string of the molecule is Cc1nc(CN2CCC[C@@H]([C@]3(C)NC(=O)N(C)C3=O)C2)oc1C. The number of imide groups is 1.